The van der Waals surface area contributed by atoms with Gasteiger partial charge in [0.2, 0.25) is 12.4 Å². The predicted molar refractivity (Wildman–Crippen MR) is 73.1 cm³/mol. The van der Waals surface area contributed by atoms with E-state index in [1.54, 1.807) is 11.1 Å². The van der Waals surface area contributed by atoms with Gasteiger partial charge in [-0.2, -0.15) is 10.1 Å². The summed E-state index contributed by atoms with van der Waals surface area (Å²) >= 11 is 0. The highest BCUT2D eigenvalue weighted by molar-refractivity contribution is 5.48. The predicted octanol–water partition coefficient (Wildman–Crippen LogP) is 0.360. The summed E-state index contributed by atoms with van der Waals surface area (Å²) in [6, 6.07) is 0. The van der Waals surface area contributed by atoms with Crippen LogP contribution in [0.1, 0.15) is 20.8 Å². The van der Waals surface area contributed by atoms with Crippen LogP contribution in [-0.4, -0.2) is 58.2 Å². The summed E-state index contributed by atoms with van der Waals surface area (Å²) in [5.41, 5.74) is -0.0660. The third-order valence-corrected chi connectivity index (χ3v) is 2.80. The molecule has 7 heteroatoms. The number of rotatable bonds is 3. The summed E-state index contributed by atoms with van der Waals surface area (Å²) < 4.78 is 0. The Labute approximate surface area is 113 Å². The van der Waals surface area contributed by atoms with Crippen molar-refractivity contribution in [3.05, 3.63) is 6.20 Å². The highest BCUT2D eigenvalue weighted by Crippen LogP contribution is 2.15. The maximum atomic E-state index is 10.7. The van der Waals surface area contributed by atoms with Gasteiger partial charge in [-0.1, -0.05) is 0 Å². The molecule has 2 rings (SSSR count). The number of piperazine rings is 1. The Morgan fingerprint density at radius 1 is 1.26 bits per heavy atom. The molecular weight excluding hydrogens is 244 g/mol. The molecule has 0 saturated carbocycles. The van der Waals surface area contributed by atoms with Crippen molar-refractivity contribution in [2.45, 2.75) is 26.3 Å². The number of nitrogens with one attached hydrogen (secondary N) is 1. The Balaban J connectivity index is 2.05. The molecule has 0 radical (unpaired) electrons. The molecule has 1 fully saturated rings. The average Bonchev–Trinajstić information content (AvgIpc) is 2.37. The van der Waals surface area contributed by atoms with Gasteiger partial charge in [-0.3, -0.25) is 4.79 Å². The van der Waals surface area contributed by atoms with Gasteiger partial charge in [0, 0.05) is 31.7 Å². The van der Waals surface area contributed by atoms with Crippen LogP contribution in [0.4, 0.5) is 11.8 Å². The molecule has 0 aromatic carbocycles. The van der Waals surface area contributed by atoms with E-state index >= 15 is 0 Å². The molecule has 1 aromatic rings. The molecule has 0 aliphatic carbocycles. The van der Waals surface area contributed by atoms with E-state index < -0.39 is 0 Å². The van der Waals surface area contributed by atoms with Crippen LogP contribution in [-0.2, 0) is 4.79 Å². The minimum atomic E-state index is -0.0660. The molecule has 0 unspecified atom stereocenters. The fraction of sp³-hybridized carbons (Fsp3) is 0.667. The lowest BCUT2D eigenvalue weighted by Crippen LogP contribution is -2.46. The van der Waals surface area contributed by atoms with Crippen molar-refractivity contribution in [3.8, 4) is 0 Å². The zero-order valence-electron chi connectivity index (χ0n) is 11.6. The molecule has 1 aromatic heterocycles. The second-order valence-corrected chi connectivity index (χ2v) is 5.65. The first kappa shape index (κ1) is 13.5. The van der Waals surface area contributed by atoms with Crippen molar-refractivity contribution in [1.82, 2.24) is 20.1 Å². The Bertz CT molecular complexity index is 436. The second kappa shape index (κ2) is 5.38. The lowest BCUT2D eigenvalue weighted by molar-refractivity contribution is -0.118. The highest BCUT2D eigenvalue weighted by atomic mass is 16.1. The Morgan fingerprint density at radius 2 is 1.95 bits per heavy atom. The Kier molecular flexibility index (Phi) is 3.82. The van der Waals surface area contributed by atoms with Gasteiger partial charge in [-0.05, 0) is 20.8 Å². The molecule has 1 saturated heterocycles. The lowest BCUT2D eigenvalue weighted by Gasteiger charge is -2.32. The maximum absolute atomic E-state index is 10.7. The van der Waals surface area contributed by atoms with Crippen LogP contribution < -0.4 is 10.2 Å². The van der Waals surface area contributed by atoms with Gasteiger partial charge >= 0.3 is 0 Å². The average molecular weight is 264 g/mol. The number of carbonyl (C=O) groups is 1. The van der Waals surface area contributed by atoms with Gasteiger partial charge in [-0.15, -0.1) is 5.10 Å². The number of aromatic nitrogens is 3. The van der Waals surface area contributed by atoms with Gasteiger partial charge in [-0.25, -0.2) is 0 Å². The van der Waals surface area contributed by atoms with E-state index in [0.717, 1.165) is 25.3 Å². The molecule has 1 amide bonds. The Hall–Kier alpha value is -1.92. The minimum absolute atomic E-state index is 0.0660. The van der Waals surface area contributed by atoms with Crippen LogP contribution in [0.2, 0.25) is 0 Å². The summed E-state index contributed by atoms with van der Waals surface area (Å²) in [5, 5.41) is 11.3. The van der Waals surface area contributed by atoms with Crippen LogP contribution in [0.25, 0.3) is 0 Å². The first-order chi connectivity index (χ1) is 8.98. The van der Waals surface area contributed by atoms with Crippen molar-refractivity contribution in [2.24, 2.45) is 0 Å². The summed E-state index contributed by atoms with van der Waals surface area (Å²) in [7, 11) is 0. The first-order valence-corrected chi connectivity index (χ1v) is 6.40. The number of nitrogens with zero attached hydrogens (tertiary/aromatic N) is 5. The van der Waals surface area contributed by atoms with Crippen molar-refractivity contribution in [2.75, 3.05) is 36.4 Å². The van der Waals surface area contributed by atoms with Crippen molar-refractivity contribution < 1.29 is 4.79 Å². The third kappa shape index (κ3) is 3.77. The van der Waals surface area contributed by atoms with Crippen molar-refractivity contribution in [1.29, 1.82) is 0 Å². The zero-order valence-corrected chi connectivity index (χ0v) is 11.6. The number of hydrogen-bond acceptors (Lipinski definition) is 6. The molecular formula is C12H20N6O. The highest BCUT2D eigenvalue weighted by Gasteiger charge is 2.19. The third-order valence-electron chi connectivity index (χ3n) is 2.80. The normalized spacial score (nSPS) is 16.4. The summed E-state index contributed by atoms with van der Waals surface area (Å²) in [5.74, 6) is 1.33. The number of anilines is 2. The summed E-state index contributed by atoms with van der Waals surface area (Å²) in [6.07, 6.45) is 2.50. The number of hydrogen-bond donors (Lipinski definition) is 1. The SMILES string of the molecule is CC(C)(C)Nc1cnnc(N2CCN(C=O)CC2)n1. The van der Waals surface area contributed by atoms with E-state index in [4.69, 9.17) is 0 Å². The number of amides is 1. The van der Waals surface area contributed by atoms with Gasteiger partial charge < -0.3 is 15.1 Å². The van der Waals surface area contributed by atoms with Gasteiger partial charge in [0.05, 0.1) is 6.20 Å². The van der Waals surface area contributed by atoms with Gasteiger partial charge in [0.1, 0.15) is 0 Å². The van der Waals surface area contributed by atoms with Gasteiger partial charge in [0.25, 0.3) is 0 Å². The molecule has 0 bridgehead atoms. The molecule has 1 N–H and O–H groups in total. The van der Waals surface area contributed by atoms with Crippen LogP contribution in [0.15, 0.2) is 6.20 Å². The summed E-state index contributed by atoms with van der Waals surface area (Å²) in [4.78, 5) is 18.9. The van der Waals surface area contributed by atoms with Gasteiger partial charge in [0.15, 0.2) is 5.82 Å². The fourth-order valence-corrected chi connectivity index (χ4v) is 1.90. The molecule has 104 valence electrons. The van der Waals surface area contributed by atoms with Crippen molar-refractivity contribution in [3.63, 3.8) is 0 Å². The Morgan fingerprint density at radius 3 is 2.53 bits per heavy atom. The van der Waals surface area contributed by atoms with E-state index in [1.807, 2.05) is 4.90 Å². The molecule has 7 nitrogen and oxygen atoms in total. The van der Waals surface area contributed by atoms with Crippen molar-refractivity contribution >= 4 is 18.2 Å². The lowest BCUT2D eigenvalue weighted by atomic mass is 10.1. The standard InChI is InChI=1S/C12H20N6O/c1-12(2,3)15-10-8-13-16-11(14-10)18-6-4-17(9-19)5-7-18/h8-9H,4-7H2,1-3H3,(H,14,15,16). The molecule has 0 spiro atoms. The molecule has 0 atom stereocenters. The topological polar surface area (TPSA) is 74.2 Å². The fourth-order valence-electron chi connectivity index (χ4n) is 1.90. The van der Waals surface area contributed by atoms with E-state index in [-0.39, 0.29) is 5.54 Å². The molecule has 1 aliphatic heterocycles. The first-order valence-electron chi connectivity index (χ1n) is 6.40. The van der Waals surface area contributed by atoms with Crippen LogP contribution in [0.5, 0.6) is 0 Å². The second-order valence-electron chi connectivity index (χ2n) is 5.65. The van der Waals surface area contributed by atoms with E-state index in [9.17, 15) is 4.79 Å². The molecule has 19 heavy (non-hydrogen) atoms. The number of carbonyl (C=O) groups excluding carboxylic acids is 1. The quantitative estimate of drug-likeness (QED) is 0.795. The zero-order chi connectivity index (χ0) is 13.9. The van der Waals surface area contributed by atoms with Crippen LogP contribution in [0.3, 0.4) is 0 Å². The van der Waals surface area contributed by atoms with Crippen LogP contribution >= 0.6 is 0 Å². The van der Waals surface area contributed by atoms with E-state index in [2.05, 4.69) is 41.3 Å². The summed E-state index contributed by atoms with van der Waals surface area (Å²) in [6.45, 7) is 9.07. The van der Waals surface area contributed by atoms with E-state index in [0.29, 0.717) is 19.0 Å². The van der Waals surface area contributed by atoms with E-state index in [1.165, 1.54) is 0 Å². The molecule has 2 heterocycles. The maximum Gasteiger partial charge on any atom is 0.247 e. The minimum Gasteiger partial charge on any atom is -0.364 e. The monoisotopic (exact) mass is 264 g/mol. The smallest absolute Gasteiger partial charge is 0.247 e. The molecule has 1 aliphatic rings. The largest absolute Gasteiger partial charge is 0.364 e. The van der Waals surface area contributed by atoms with Crippen LogP contribution in [0, 0.1) is 0 Å².